The van der Waals surface area contributed by atoms with Crippen LogP contribution in [0.3, 0.4) is 0 Å². The average molecular weight is 332 g/mol. The van der Waals surface area contributed by atoms with Crippen molar-refractivity contribution in [3.63, 3.8) is 0 Å². The second-order valence-corrected chi connectivity index (χ2v) is 6.03. The first kappa shape index (κ1) is 15.7. The molecule has 1 aliphatic heterocycles. The second-order valence-electron chi connectivity index (χ2n) is 6.03. The molecule has 1 unspecified atom stereocenters. The molecule has 25 heavy (non-hydrogen) atoms. The molecule has 0 aliphatic carbocycles. The van der Waals surface area contributed by atoms with Crippen molar-refractivity contribution in [2.75, 3.05) is 13.2 Å². The molecule has 4 rings (SSSR count). The van der Waals surface area contributed by atoms with Crippen LogP contribution in [0.4, 0.5) is 0 Å². The number of rotatable bonds is 5. The van der Waals surface area contributed by atoms with Gasteiger partial charge >= 0.3 is 0 Å². The molecule has 1 aliphatic rings. The smallest absolute Gasteiger partial charge is 0.161 e. The number of nitrogens with one attached hydrogen (secondary N) is 1. The molecular formula is C21H20N2O2. The Morgan fingerprint density at radius 3 is 2.60 bits per heavy atom. The Balaban J connectivity index is 1.34. The largest absolute Gasteiger partial charge is 0.486 e. The van der Waals surface area contributed by atoms with Gasteiger partial charge in [-0.3, -0.25) is 4.98 Å². The van der Waals surface area contributed by atoms with Gasteiger partial charge in [-0.15, -0.1) is 0 Å². The van der Waals surface area contributed by atoms with Gasteiger partial charge < -0.3 is 14.8 Å². The zero-order chi connectivity index (χ0) is 16.9. The highest BCUT2D eigenvalue weighted by Gasteiger charge is 2.19. The summed E-state index contributed by atoms with van der Waals surface area (Å²) in [6.07, 6.45) is 1.86. The number of para-hydroxylation sites is 2. The molecule has 0 saturated carbocycles. The minimum absolute atomic E-state index is 0.00667. The van der Waals surface area contributed by atoms with Gasteiger partial charge in [0.2, 0.25) is 0 Å². The zero-order valence-electron chi connectivity index (χ0n) is 13.9. The fourth-order valence-corrected chi connectivity index (χ4v) is 2.91. The van der Waals surface area contributed by atoms with Crippen molar-refractivity contribution in [2.24, 2.45) is 0 Å². The molecule has 1 N–H and O–H groups in total. The molecule has 0 saturated heterocycles. The molecule has 0 amide bonds. The van der Waals surface area contributed by atoms with Crippen molar-refractivity contribution in [1.29, 1.82) is 0 Å². The Hall–Kier alpha value is -2.85. The van der Waals surface area contributed by atoms with E-state index in [1.807, 2.05) is 54.7 Å². The van der Waals surface area contributed by atoms with Crippen LogP contribution in [-0.2, 0) is 6.54 Å². The zero-order valence-corrected chi connectivity index (χ0v) is 13.9. The molecule has 0 bridgehead atoms. The van der Waals surface area contributed by atoms with Crippen LogP contribution in [-0.4, -0.2) is 24.2 Å². The molecule has 4 nitrogen and oxygen atoms in total. The van der Waals surface area contributed by atoms with Crippen molar-refractivity contribution in [3.05, 3.63) is 78.6 Å². The summed E-state index contributed by atoms with van der Waals surface area (Å²) in [5.41, 5.74) is 3.39. The molecular weight excluding hydrogens is 312 g/mol. The summed E-state index contributed by atoms with van der Waals surface area (Å²) < 4.78 is 11.7. The molecule has 0 fully saturated rings. The van der Waals surface area contributed by atoms with Crippen LogP contribution in [0.25, 0.3) is 11.1 Å². The lowest BCUT2D eigenvalue weighted by atomic mass is 10.1. The lowest BCUT2D eigenvalue weighted by molar-refractivity contribution is 0.0901. The molecule has 2 aromatic carbocycles. The molecule has 0 radical (unpaired) electrons. The monoisotopic (exact) mass is 332 g/mol. The van der Waals surface area contributed by atoms with E-state index in [0.717, 1.165) is 17.2 Å². The summed E-state index contributed by atoms with van der Waals surface area (Å²) in [6, 6.07) is 22.3. The molecule has 4 heteroatoms. The molecule has 0 spiro atoms. The van der Waals surface area contributed by atoms with Gasteiger partial charge in [0, 0.05) is 19.3 Å². The summed E-state index contributed by atoms with van der Waals surface area (Å²) >= 11 is 0. The number of ether oxygens (including phenoxy) is 2. The van der Waals surface area contributed by atoms with Gasteiger partial charge in [0.05, 0.1) is 5.69 Å². The summed E-state index contributed by atoms with van der Waals surface area (Å²) in [4.78, 5) is 4.45. The molecule has 126 valence electrons. The topological polar surface area (TPSA) is 43.4 Å². The third kappa shape index (κ3) is 3.80. The van der Waals surface area contributed by atoms with Crippen LogP contribution in [0.5, 0.6) is 11.5 Å². The van der Waals surface area contributed by atoms with Crippen LogP contribution in [0.1, 0.15) is 5.69 Å². The van der Waals surface area contributed by atoms with Crippen LogP contribution in [0.2, 0.25) is 0 Å². The minimum atomic E-state index is 0.00667. The van der Waals surface area contributed by atoms with E-state index < -0.39 is 0 Å². The first-order chi connectivity index (χ1) is 12.4. The Bertz CT molecular complexity index is 836. The maximum absolute atomic E-state index is 5.96. The van der Waals surface area contributed by atoms with E-state index in [0.29, 0.717) is 19.7 Å². The van der Waals surface area contributed by atoms with Gasteiger partial charge in [-0.05, 0) is 35.4 Å². The van der Waals surface area contributed by atoms with Crippen molar-refractivity contribution in [3.8, 4) is 22.6 Å². The number of fused-ring (bicyclic) bond motifs is 1. The summed E-state index contributed by atoms with van der Waals surface area (Å²) in [7, 11) is 0. The van der Waals surface area contributed by atoms with Gasteiger partial charge in [0.15, 0.2) is 11.5 Å². The fraction of sp³-hybridized carbons (Fsp3) is 0.190. The van der Waals surface area contributed by atoms with E-state index in [9.17, 15) is 0 Å². The molecule has 3 aromatic rings. The van der Waals surface area contributed by atoms with Crippen LogP contribution in [0, 0.1) is 0 Å². The van der Waals surface area contributed by atoms with E-state index in [1.54, 1.807) is 0 Å². The van der Waals surface area contributed by atoms with Gasteiger partial charge in [-0.1, -0.05) is 42.5 Å². The number of aromatic nitrogens is 1. The quantitative estimate of drug-likeness (QED) is 0.774. The third-order valence-electron chi connectivity index (χ3n) is 4.17. The first-order valence-corrected chi connectivity index (χ1v) is 8.48. The lowest BCUT2D eigenvalue weighted by Crippen LogP contribution is -2.38. The number of hydrogen-bond donors (Lipinski definition) is 1. The fourth-order valence-electron chi connectivity index (χ4n) is 2.91. The minimum Gasteiger partial charge on any atom is -0.486 e. The van der Waals surface area contributed by atoms with Crippen molar-refractivity contribution >= 4 is 0 Å². The first-order valence-electron chi connectivity index (χ1n) is 8.48. The van der Waals surface area contributed by atoms with Gasteiger partial charge in [0.1, 0.15) is 12.7 Å². The predicted octanol–water partition coefficient (Wildman–Crippen LogP) is 3.68. The van der Waals surface area contributed by atoms with E-state index in [4.69, 9.17) is 9.47 Å². The van der Waals surface area contributed by atoms with E-state index in [1.165, 1.54) is 11.1 Å². The number of pyridine rings is 1. The highest BCUT2D eigenvalue weighted by Crippen LogP contribution is 2.30. The molecule has 2 heterocycles. The number of hydrogen-bond acceptors (Lipinski definition) is 4. The highest BCUT2D eigenvalue weighted by molar-refractivity contribution is 5.63. The van der Waals surface area contributed by atoms with Gasteiger partial charge in [0.25, 0.3) is 0 Å². The average Bonchev–Trinajstić information content (AvgIpc) is 2.69. The molecule has 1 aromatic heterocycles. The normalized spacial score (nSPS) is 15.8. The predicted molar refractivity (Wildman–Crippen MR) is 97.7 cm³/mol. The van der Waals surface area contributed by atoms with Crippen LogP contribution in [0.15, 0.2) is 72.9 Å². The Labute approximate surface area is 147 Å². The van der Waals surface area contributed by atoms with Crippen LogP contribution < -0.4 is 14.8 Å². The molecule has 1 atom stereocenters. The lowest BCUT2D eigenvalue weighted by Gasteiger charge is -2.26. The Morgan fingerprint density at radius 2 is 1.72 bits per heavy atom. The summed E-state index contributed by atoms with van der Waals surface area (Å²) in [6.45, 7) is 1.97. The second kappa shape index (κ2) is 7.36. The Morgan fingerprint density at radius 1 is 0.920 bits per heavy atom. The maximum atomic E-state index is 5.96. The van der Waals surface area contributed by atoms with Crippen LogP contribution >= 0.6 is 0 Å². The van der Waals surface area contributed by atoms with Gasteiger partial charge in [-0.25, -0.2) is 0 Å². The number of benzene rings is 2. The maximum Gasteiger partial charge on any atom is 0.161 e. The van der Waals surface area contributed by atoms with E-state index >= 15 is 0 Å². The van der Waals surface area contributed by atoms with Gasteiger partial charge in [-0.2, -0.15) is 0 Å². The van der Waals surface area contributed by atoms with Crippen molar-refractivity contribution < 1.29 is 9.47 Å². The van der Waals surface area contributed by atoms with Crippen molar-refractivity contribution in [2.45, 2.75) is 12.6 Å². The number of nitrogens with zero attached hydrogens (tertiary/aromatic N) is 1. The SMILES string of the molecule is c1ccc(-c2ccnc(CNCC3COc4ccccc4O3)c2)cc1. The third-order valence-corrected chi connectivity index (χ3v) is 4.17. The highest BCUT2D eigenvalue weighted by atomic mass is 16.6. The summed E-state index contributed by atoms with van der Waals surface area (Å²) in [5.74, 6) is 1.63. The Kier molecular flexibility index (Phi) is 4.61. The van der Waals surface area contributed by atoms with E-state index in [-0.39, 0.29) is 6.10 Å². The van der Waals surface area contributed by atoms with Crippen molar-refractivity contribution in [1.82, 2.24) is 10.3 Å². The summed E-state index contributed by atoms with van der Waals surface area (Å²) in [5, 5.41) is 3.41. The standard InChI is InChI=1S/C21H20N2O2/c1-2-6-16(7-3-1)17-10-11-23-18(12-17)13-22-14-19-15-24-20-8-4-5-9-21(20)25-19/h1-12,19,22H,13-15H2. The van der Waals surface area contributed by atoms with E-state index in [2.05, 4.69) is 28.5 Å².